The third-order valence-corrected chi connectivity index (χ3v) is 3.61. The van der Waals surface area contributed by atoms with E-state index in [0.717, 1.165) is 58.5 Å². The van der Waals surface area contributed by atoms with Gasteiger partial charge >= 0.3 is 0 Å². The van der Waals surface area contributed by atoms with Crippen molar-refractivity contribution in [2.45, 2.75) is 39.5 Å². The number of nitrogens with zero attached hydrogens (tertiary/aromatic N) is 2. The van der Waals surface area contributed by atoms with E-state index >= 15 is 0 Å². The van der Waals surface area contributed by atoms with Crippen LogP contribution in [0.1, 0.15) is 39.5 Å². The number of carbonyl (C=O) groups is 2. The fourth-order valence-electron chi connectivity index (χ4n) is 2.31. The molecule has 1 fully saturated rings. The highest BCUT2D eigenvalue weighted by Gasteiger charge is 2.19. The third-order valence-electron chi connectivity index (χ3n) is 3.61. The summed E-state index contributed by atoms with van der Waals surface area (Å²) in [7, 11) is 0. The van der Waals surface area contributed by atoms with Crippen LogP contribution >= 0.6 is 0 Å². The summed E-state index contributed by atoms with van der Waals surface area (Å²) < 4.78 is 0. The van der Waals surface area contributed by atoms with Gasteiger partial charge in [0.05, 0.1) is 0 Å². The molecule has 0 saturated carbocycles. The summed E-state index contributed by atoms with van der Waals surface area (Å²) in [4.78, 5) is 27.0. The molecule has 0 aromatic rings. The van der Waals surface area contributed by atoms with Crippen LogP contribution in [0.15, 0.2) is 0 Å². The van der Waals surface area contributed by atoms with Crippen LogP contribution in [0, 0.1) is 0 Å². The molecule has 0 radical (unpaired) electrons. The highest BCUT2D eigenvalue weighted by atomic mass is 16.2. The van der Waals surface area contributed by atoms with E-state index in [1.807, 2.05) is 4.90 Å². The van der Waals surface area contributed by atoms with Gasteiger partial charge < -0.3 is 15.1 Å². The van der Waals surface area contributed by atoms with Crippen LogP contribution in [0.3, 0.4) is 0 Å². The van der Waals surface area contributed by atoms with Crippen molar-refractivity contribution < 1.29 is 9.59 Å². The number of nitrogens with one attached hydrogen (secondary N) is 1. The summed E-state index contributed by atoms with van der Waals surface area (Å²) in [6.07, 6.45) is 3.52. The summed E-state index contributed by atoms with van der Waals surface area (Å²) in [5.74, 6) is 0.306. The highest BCUT2D eigenvalue weighted by molar-refractivity contribution is 5.76. The molecule has 19 heavy (non-hydrogen) atoms. The molecule has 2 amide bonds. The van der Waals surface area contributed by atoms with Gasteiger partial charge in [-0.25, -0.2) is 0 Å². The molecular weight excluding hydrogens is 242 g/mol. The Labute approximate surface area is 116 Å². The summed E-state index contributed by atoms with van der Waals surface area (Å²) in [5, 5.41) is 2.77. The van der Waals surface area contributed by atoms with Crippen LogP contribution in [0.2, 0.25) is 0 Å². The van der Waals surface area contributed by atoms with Gasteiger partial charge in [0.15, 0.2) is 0 Å². The molecule has 1 N–H and O–H groups in total. The van der Waals surface area contributed by atoms with Gasteiger partial charge in [-0.3, -0.25) is 9.59 Å². The number of amides is 2. The van der Waals surface area contributed by atoms with Crippen molar-refractivity contribution in [2.75, 3.05) is 39.3 Å². The molecule has 0 atom stereocenters. The normalized spacial score (nSPS) is 16.4. The maximum absolute atomic E-state index is 12.0. The Hall–Kier alpha value is -1.10. The quantitative estimate of drug-likeness (QED) is 0.697. The zero-order valence-corrected chi connectivity index (χ0v) is 12.3. The molecule has 110 valence electrons. The van der Waals surface area contributed by atoms with Gasteiger partial charge in [-0.1, -0.05) is 13.3 Å². The Morgan fingerprint density at radius 1 is 1.05 bits per heavy atom. The Kier molecular flexibility index (Phi) is 7.48. The van der Waals surface area contributed by atoms with Gasteiger partial charge in [-0.05, 0) is 19.4 Å². The molecule has 1 heterocycles. The van der Waals surface area contributed by atoms with Gasteiger partial charge in [0.2, 0.25) is 11.8 Å². The van der Waals surface area contributed by atoms with E-state index in [1.165, 1.54) is 6.92 Å². The van der Waals surface area contributed by atoms with Gasteiger partial charge in [0, 0.05) is 46.1 Å². The van der Waals surface area contributed by atoms with E-state index in [4.69, 9.17) is 0 Å². The zero-order valence-electron chi connectivity index (χ0n) is 12.3. The van der Waals surface area contributed by atoms with Crippen LogP contribution in [0.25, 0.3) is 0 Å². The van der Waals surface area contributed by atoms with E-state index in [9.17, 15) is 9.59 Å². The molecule has 5 nitrogen and oxygen atoms in total. The molecule has 0 aromatic carbocycles. The lowest BCUT2D eigenvalue weighted by molar-refractivity contribution is -0.133. The minimum absolute atomic E-state index is 0.0184. The summed E-state index contributed by atoms with van der Waals surface area (Å²) in [6.45, 7) is 9.24. The third kappa shape index (κ3) is 6.57. The Bertz CT molecular complexity index is 286. The van der Waals surface area contributed by atoms with Crippen LogP contribution in [0.4, 0.5) is 0 Å². The number of carbonyl (C=O) groups excluding carboxylic acids is 2. The maximum atomic E-state index is 12.0. The van der Waals surface area contributed by atoms with Gasteiger partial charge in [0.1, 0.15) is 0 Å². The molecule has 0 spiro atoms. The zero-order chi connectivity index (χ0) is 14.1. The first-order valence-corrected chi connectivity index (χ1v) is 7.38. The topological polar surface area (TPSA) is 52.6 Å². The van der Waals surface area contributed by atoms with Gasteiger partial charge in [0.25, 0.3) is 0 Å². The first kappa shape index (κ1) is 16.0. The van der Waals surface area contributed by atoms with Crippen molar-refractivity contribution in [3.63, 3.8) is 0 Å². The predicted molar refractivity (Wildman–Crippen MR) is 75.8 cm³/mol. The number of unbranched alkanes of at least 4 members (excludes halogenated alkanes) is 2. The van der Waals surface area contributed by atoms with Crippen LogP contribution in [-0.4, -0.2) is 60.9 Å². The Balaban J connectivity index is 2.03. The van der Waals surface area contributed by atoms with E-state index < -0.39 is 0 Å². The summed E-state index contributed by atoms with van der Waals surface area (Å²) in [6, 6.07) is 0. The van der Waals surface area contributed by atoms with Crippen LogP contribution in [-0.2, 0) is 9.59 Å². The molecule has 0 bridgehead atoms. The van der Waals surface area contributed by atoms with Gasteiger partial charge in [-0.2, -0.15) is 0 Å². The van der Waals surface area contributed by atoms with E-state index in [-0.39, 0.29) is 11.8 Å². The number of likely N-dealkylation sites (N-methyl/N-ethyl adjacent to an activating group) is 1. The molecule has 1 aliphatic rings. The second-order valence-corrected chi connectivity index (χ2v) is 5.11. The van der Waals surface area contributed by atoms with Crippen molar-refractivity contribution in [2.24, 2.45) is 0 Å². The summed E-state index contributed by atoms with van der Waals surface area (Å²) >= 11 is 0. The fraction of sp³-hybridized carbons (Fsp3) is 0.857. The van der Waals surface area contributed by atoms with E-state index in [0.29, 0.717) is 6.42 Å². The first-order chi connectivity index (χ1) is 9.13. The van der Waals surface area contributed by atoms with E-state index in [1.54, 1.807) is 0 Å². The monoisotopic (exact) mass is 269 g/mol. The number of hydrogen-bond acceptors (Lipinski definition) is 3. The highest BCUT2D eigenvalue weighted by Crippen LogP contribution is 2.07. The fourth-order valence-corrected chi connectivity index (χ4v) is 2.31. The number of piperazine rings is 1. The first-order valence-electron chi connectivity index (χ1n) is 7.38. The minimum Gasteiger partial charge on any atom is -0.356 e. The average Bonchev–Trinajstić information content (AvgIpc) is 2.42. The standard InChI is InChI=1S/C14H27N3O2/c1-3-16-9-11-17(12-10-16)14(19)7-5-4-6-8-15-13(2)18/h3-12H2,1-2H3,(H,15,18). The maximum Gasteiger partial charge on any atom is 0.222 e. The molecule has 0 aliphatic carbocycles. The molecule has 1 saturated heterocycles. The molecule has 0 aromatic heterocycles. The number of rotatable bonds is 7. The lowest BCUT2D eigenvalue weighted by Crippen LogP contribution is -2.48. The van der Waals surface area contributed by atoms with E-state index in [2.05, 4.69) is 17.1 Å². The molecular formula is C14H27N3O2. The predicted octanol–water partition coefficient (Wildman–Crippen LogP) is 0.847. The van der Waals surface area contributed by atoms with Gasteiger partial charge in [-0.15, -0.1) is 0 Å². The van der Waals surface area contributed by atoms with Crippen LogP contribution in [0.5, 0.6) is 0 Å². The van der Waals surface area contributed by atoms with Crippen molar-refractivity contribution in [1.29, 1.82) is 0 Å². The second kappa shape index (κ2) is 8.91. The minimum atomic E-state index is 0.0184. The second-order valence-electron chi connectivity index (χ2n) is 5.11. The van der Waals surface area contributed by atoms with Crippen LogP contribution < -0.4 is 5.32 Å². The summed E-state index contributed by atoms with van der Waals surface area (Å²) in [5.41, 5.74) is 0. The molecule has 1 rings (SSSR count). The smallest absolute Gasteiger partial charge is 0.222 e. The molecule has 0 unspecified atom stereocenters. The Morgan fingerprint density at radius 3 is 2.32 bits per heavy atom. The van der Waals surface area contributed by atoms with Crippen molar-refractivity contribution in [1.82, 2.24) is 15.1 Å². The lowest BCUT2D eigenvalue weighted by atomic mass is 10.1. The SMILES string of the molecule is CCN1CCN(C(=O)CCCCCNC(C)=O)CC1. The van der Waals surface area contributed by atoms with Crippen molar-refractivity contribution in [3.8, 4) is 0 Å². The molecule has 1 aliphatic heterocycles. The lowest BCUT2D eigenvalue weighted by Gasteiger charge is -2.34. The average molecular weight is 269 g/mol. The Morgan fingerprint density at radius 2 is 1.74 bits per heavy atom. The van der Waals surface area contributed by atoms with Crippen molar-refractivity contribution in [3.05, 3.63) is 0 Å². The largest absolute Gasteiger partial charge is 0.356 e. The van der Waals surface area contributed by atoms with Crippen molar-refractivity contribution >= 4 is 11.8 Å². The number of hydrogen-bond donors (Lipinski definition) is 1. The molecule has 5 heteroatoms.